The molecule has 0 bridgehead atoms. The summed E-state index contributed by atoms with van der Waals surface area (Å²) in [6, 6.07) is 25.2. The third-order valence-electron chi connectivity index (χ3n) is 8.26. The minimum atomic E-state index is -0.321. The molecule has 6 nitrogen and oxygen atoms in total. The molecule has 0 unspecified atom stereocenters. The average molecular weight is 621 g/mol. The van der Waals surface area contributed by atoms with Gasteiger partial charge in [0.2, 0.25) is 0 Å². The molecule has 7 rings (SSSR count). The lowest BCUT2D eigenvalue weighted by molar-refractivity contribution is 0.00578. The third kappa shape index (κ3) is 5.93. The van der Waals surface area contributed by atoms with Gasteiger partial charge in [-0.1, -0.05) is 28.1 Å². The molecular weight excluding hydrogens is 587 g/mol. The number of rotatable bonds is 5. The molecule has 0 radical (unpaired) electrons. The van der Waals surface area contributed by atoms with Crippen LogP contribution in [-0.2, 0) is 22.4 Å². The second-order valence-electron chi connectivity index (χ2n) is 11.7. The van der Waals surface area contributed by atoms with E-state index in [-0.39, 0.29) is 18.3 Å². The fourth-order valence-corrected chi connectivity index (χ4v) is 5.54. The molecule has 212 valence electrons. The number of hydrogen-bond acceptors (Lipinski definition) is 4. The second-order valence-corrected chi connectivity index (χ2v) is 12.6. The molecule has 8 heteroatoms. The van der Waals surface area contributed by atoms with Crippen molar-refractivity contribution in [3.8, 4) is 0 Å². The van der Waals surface area contributed by atoms with E-state index in [2.05, 4.69) is 124 Å². The quantitative estimate of drug-likeness (QED) is 0.191. The van der Waals surface area contributed by atoms with Crippen LogP contribution in [-0.4, -0.2) is 37.4 Å². The van der Waals surface area contributed by atoms with Gasteiger partial charge in [0, 0.05) is 71.2 Å². The maximum atomic E-state index is 6.17. The van der Waals surface area contributed by atoms with Crippen LogP contribution in [0.1, 0.15) is 38.8 Å². The Kier molecular flexibility index (Phi) is 7.79. The average Bonchev–Trinajstić information content (AvgIpc) is 3.63. The van der Waals surface area contributed by atoms with Crippen molar-refractivity contribution >= 4 is 50.3 Å². The Balaban J connectivity index is 0.000000162. The summed E-state index contributed by atoms with van der Waals surface area (Å²) in [4.78, 5) is 8.11. The van der Waals surface area contributed by atoms with Gasteiger partial charge in [-0.15, -0.1) is 0 Å². The van der Waals surface area contributed by atoms with Gasteiger partial charge in [0.15, 0.2) is 0 Å². The molecule has 0 N–H and O–H groups in total. The van der Waals surface area contributed by atoms with Gasteiger partial charge in [-0.3, -0.25) is 9.97 Å². The van der Waals surface area contributed by atoms with Gasteiger partial charge in [0.25, 0.3) is 0 Å². The van der Waals surface area contributed by atoms with Gasteiger partial charge < -0.3 is 18.4 Å². The topological polar surface area (TPSA) is 54.1 Å². The zero-order valence-electron chi connectivity index (χ0n) is 24.4. The zero-order chi connectivity index (χ0) is 29.3. The van der Waals surface area contributed by atoms with Crippen LogP contribution in [0.25, 0.3) is 21.8 Å². The Bertz CT molecular complexity index is 1800. The number of hydrogen-bond donors (Lipinski definition) is 0. The molecular formula is C34H34BBrN4O2. The number of halogens is 1. The highest BCUT2D eigenvalue weighted by molar-refractivity contribution is 9.10. The third-order valence-corrected chi connectivity index (χ3v) is 8.75. The second kappa shape index (κ2) is 11.5. The van der Waals surface area contributed by atoms with E-state index >= 15 is 0 Å². The van der Waals surface area contributed by atoms with E-state index in [1.54, 1.807) is 0 Å². The lowest BCUT2D eigenvalue weighted by Gasteiger charge is -2.32. The van der Waals surface area contributed by atoms with Crippen LogP contribution in [0.2, 0.25) is 0 Å². The van der Waals surface area contributed by atoms with E-state index in [4.69, 9.17) is 9.31 Å². The molecule has 6 aromatic rings. The lowest BCUT2D eigenvalue weighted by Crippen LogP contribution is -2.41. The predicted octanol–water partition coefficient (Wildman–Crippen LogP) is 7.23. The smallest absolute Gasteiger partial charge is 0.399 e. The normalized spacial score (nSPS) is 15.6. The number of pyridine rings is 2. The van der Waals surface area contributed by atoms with E-state index in [1.807, 2.05) is 49.1 Å². The Morgan fingerprint density at radius 1 is 0.643 bits per heavy atom. The van der Waals surface area contributed by atoms with Crippen LogP contribution >= 0.6 is 15.9 Å². The number of aromatic nitrogens is 4. The zero-order valence-corrected chi connectivity index (χ0v) is 26.0. The summed E-state index contributed by atoms with van der Waals surface area (Å²) in [6.45, 7) is 10.0. The molecule has 1 saturated heterocycles. The van der Waals surface area contributed by atoms with Gasteiger partial charge in [-0.2, -0.15) is 0 Å². The first-order valence-corrected chi connectivity index (χ1v) is 14.9. The highest BCUT2D eigenvalue weighted by Crippen LogP contribution is 2.36. The molecule has 1 fully saturated rings. The van der Waals surface area contributed by atoms with Crippen LogP contribution in [0, 0.1) is 0 Å². The fourth-order valence-electron chi connectivity index (χ4n) is 5.16. The summed E-state index contributed by atoms with van der Waals surface area (Å²) in [7, 11) is -0.321. The minimum Gasteiger partial charge on any atom is -0.399 e. The summed E-state index contributed by atoms with van der Waals surface area (Å²) in [6.07, 6.45) is 11.6. The van der Waals surface area contributed by atoms with Crippen LogP contribution in [0.15, 0.2) is 114 Å². The first-order valence-electron chi connectivity index (χ1n) is 14.2. The molecule has 2 aromatic carbocycles. The standard InChI is InChI=1S/C20H23BN2O2.C14H11BrN2/c1-19(2)20(3,4)25-21(24-19)17-5-6-18-16(13-17)9-12-23(18)14-15-7-10-22-11-8-15;15-13-1-2-14-12(9-13)5-8-17(14)10-11-3-6-16-7-4-11/h5-13H,14H2,1-4H3;1-9H,10H2. The predicted molar refractivity (Wildman–Crippen MR) is 174 cm³/mol. The van der Waals surface area contributed by atoms with E-state index < -0.39 is 0 Å². The van der Waals surface area contributed by atoms with Crippen molar-refractivity contribution in [3.63, 3.8) is 0 Å². The van der Waals surface area contributed by atoms with E-state index in [9.17, 15) is 0 Å². The highest BCUT2D eigenvalue weighted by Gasteiger charge is 2.51. The summed E-state index contributed by atoms with van der Waals surface area (Å²) in [5, 5.41) is 2.45. The summed E-state index contributed by atoms with van der Waals surface area (Å²) in [5.74, 6) is 0. The monoisotopic (exact) mass is 620 g/mol. The molecule has 4 aromatic heterocycles. The number of fused-ring (bicyclic) bond motifs is 2. The first kappa shape index (κ1) is 28.4. The Labute approximate surface area is 255 Å². The van der Waals surface area contributed by atoms with Crippen molar-refractivity contribution in [1.82, 2.24) is 19.1 Å². The van der Waals surface area contributed by atoms with Crippen molar-refractivity contribution in [2.24, 2.45) is 0 Å². The van der Waals surface area contributed by atoms with E-state index in [0.717, 1.165) is 23.0 Å². The molecule has 0 amide bonds. The lowest BCUT2D eigenvalue weighted by atomic mass is 9.78. The molecule has 5 heterocycles. The minimum absolute atomic E-state index is 0.320. The highest BCUT2D eigenvalue weighted by atomic mass is 79.9. The van der Waals surface area contributed by atoms with Crippen LogP contribution in [0.4, 0.5) is 0 Å². The van der Waals surface area contributed by atoms with E-state index in [0.29, 0.717) is 0 Å². The molecule has 42 heavy (non-hydrogen) atoms. The molecule has 1 aliphatic heterocycles. The van der Waals surface area contributed by atoms with Gasteiger partial charge in [-0.05, 0) is 110 Å². The Morgan fingerprint density at radius 2 is 1.12 bits per heavy atom. The van der Waals surface area contributed by atoms with Crippen molar-refractivity contribution in [2.45, 2.75) is 52.0 Å². The molecule has 0 aliphatic carbocycles. The SMILES string of the molecule is Brc1ccc2c(ccn2Cc2ccncc2)c1.CC1(C)OB(c2ccc3c(ccn3Cc3ccncc3)c2)OC1(C)C. The van der Waals surface area contributed by atoms with Gasteiger partial charge in [0.1, 0.15) is 0 Å². The fraction of sp³-hybridized carbons (Fsp3) is 0.235. The van der Waals surface area contributed by atoms with Gasteiger partial charge in [0.05, 0.1) is 11.2 Å². The van der Waals surface area contributed by atoms with Crippen LogP contribution < -0.4 is 5.46 Å². The summed E-state index contributed by atoms with van der Waals surface area (Å²) >= 11 is 3.49. The van der Waals surface area contributed by atoms with E-state index in [1.165, 1.54) is 32.9 Å². The van der Waals surface area contributed by atoms with Crippen molar-refractivity contribution in [3.05, 3.63) is 126 Å². The number of benzene rings is 2. The Morgan fingerprint density at radius 3 is 1.64 bits per heavy atom. The van der Waals surface area contributed by atoms with Crippen LogP contribution in [0.3, 0.4) is 0 Å². The summed E-state index contributed by atoms with van der Waals surface area (Å²) in [5.41, 5.74) is 5.39. The maximum Gasteiger partial charge on any atom is 0.494 e. The van der Waals surface area contributed by atoms with Gasteiger partial charge in [-0.25, -0.2) is 0 Å². The van der Waals surface area contributed by atoms with Gasteiger partial charge >= 0.3 is 7.12 Å². The maximum absolute atomic E-state index is 6.17. The molecule has 0 atom stereocenters. The van der Waals surface area contributed by atoms with Crippen molar-refractivity contribution in [1.29, 1.82) is 0 Å². The summed E-state index contributed by atoms with van der Waals surface area (Å²) < 4.78 is 17.9. The molecule has 0 spiro atoms. The molecule has 1 aliphatic rings. The van der Waals surface area contributed by atoms with Crippen molar-refractivity contribution in [2.75, 3.05) is 0 Å². The van der Waals surface area contributed by atoms with Crippen LogP contribution in [0.5, 0.6) is 0 Å². The van der Waals surface area contributed by atoms with Crippen molar-refractivity contribution < 1.29 is 9.31 Å². The first-order chi connectivity index (χ1) is 20.2. The number of nitrogens with zero attached hydrogens (tertiary/aromatic N) is 4. The Hall–Kier alpha value is -3.72. The molecule has 0 saturated carbocycles. The largest absolute Gasteiger partial charge is 0.494 e.